The SMILES string of the molecule is Cc1cc(-c2noc(C(C)N3CCN(CC(=O)NC4CC4)CC3)n2)ccc1F. The van der Waals surface area contributed by atoms with E-state index in [1.807, 2.05) is 6.92 Å². The Balaban J connectivity index is 1.32. The molecule has 1 saturated heterocycles. The van der Waals surface area contributed by atoms with E-state index in [9.17, 15) is 9.18 Å². The van der Waals surface area contributed by atoms with E-state index < -0.39 is 0 Å². The van der Waals surface area contributed by atoms with E-state index in [0.29, 0.717) is 29.9 Å². The van der Waals surface area contributed by atoms with Gasteiger partial charge in [0.2, 0.25) is 17.6 Å². The van der Waals surface area contributed by atoms with Crippen molar-refractivity contribution >= 4 is 5.91 Å². The number of hydrogen-bond donors (Lipinski definition) is 1. The van der Waals surface area contributed by atoms with Crippen LogP contribution in [0.15, 0.2) is 22.7 Å². The van der Waals surface area contributed by atoms with Gasteiger partial charge in [-0.1, -0.05) is 5.16 Å². The van der Waals surface area contributed by atoms with Gasteiger partial charge in [0, 0.05) is 37.8 Å². The van der Waals surface area contributed by atoms with Crippen molar-refractivity contribution in [2.45, 2.75) is 38.8 Å². The first-order valence-electron chi connectivity index (χ1n) is 9.85. The number of carbonyl (C=O) groups is 1. The second-order valence-corrected chi connectivity index (χ2v) is 7.75. The molecule has 1 unspecified atom stereocenters. The lowest BCUT2D eigenvalue weighted by Crippen LogP contribution is -2.50. The fraction of sp³-hybridized carbons (Fsp3) is 0.550. The number of carbonyl (C=O) groups excluding carboxylic acids is 1. The Labute approximate surface area is 163 Å². The van der Waals surface area contributed by atoms with E-state index in [0.717, 1.165) is 44.6 Å². The molecule has 1 saturated carbocycles. The van der Waals surface area contributed by atoms with E-state index in [1.165, 1.54) is 6.07 Å². The van der Waals surface area contributed by atoms with Crippen LogP contribution in [-0.4, -0.2) is 64.6 Å². The number of halogens is 1. The highest BCUT2D eigenvalue weighted by Gasteiger charge is 2.28. The van der Waals surface area contributed by atoms with Gasteiger partial charge in [0.25, 0.3) is 0 Å². The molecule has 8 heteroatoms. The van der Waals surface area contributed by atoms with Crippen LogP contribution in [0.4, 0.5) is 4.39 Å². The maximum atomic E-state index is 13.5. The topological polar surface area (TPSA) is 74.5 Å². The van der Waals surface area contributed by atoms with Crippen LogP contribution in [0.5, 0.6) is 0 Å². The van der Waals surface area contributed by atoms with Crippen LogP contribution < -0.4 is 5.32 Å². The van der Waals surface area contributed by atoms with Crippen molar-refractivity contribution in [2.24, 2.45) is 0 Å². The number of aromatic nitrogens is 2. The second-order valence-electron chi connectivity index (χ2n) is 7.75. The van der Waals surface area contributed by atoms with Crippen molar-refractivity contribution in [1.29, 1.82) is 0 Å². The summed E-state index contributed by atoms with van der Waals surface area (Å²) in [6, 6.07) is 5.20. The summed E-state index contributed by atoms with van der Waals surface area (Å²) in [7, 11) is 0. The van der Waals surface area contributed by atoms with E-state index >= 15 is 0 Å². The summed E-state index contributed by atoms with van der Waals surface area (Å²) >= 11 is 0. The van der Waals surface area contributed by atoms with E-state index in [-0.39, 0.29) is 17.8 Å². The predicted octanol–water partition coefficient (Wildman–Crippen LogP) is 2.14. The molecule has 1 aromatic carbocycles. The molecule has 1 atom stereocenters. The normalized spacial score (nSPS) is 19.5. The highest BCUT2D eigenvalue weighted by molar-refractivity contribution is 5.78. The lowest BCUT2D eigenvalue weighted by atomic mass is 10.1. The van der Waals surface area contributed by atoms with Crippen LogP contribution in [0.3, 0.4) is 0 Å². The van der Waals surface area contributed by atoms with E-state index in [4.69, 9.17) is 4.52 Å². The monoisotopic (exact) mass is 387 g/mol. The first-order chi connectivity index (χ1) is 13.5. The maximum Gasteiger partial charge on any atom is 0.244 e. The van der Waals surface area contributed by atoms with Crippen LogP contribution in [0.2, 0.25) is 0 Å². The molecule has 1 aliphatic heterocycles. The zero-order valence-corrected chi connectivity index (χ0v) is 16.3. The zero-order valence-electron chi connectivity index (χ0n) is 16.3. The Bertz CT molecular complexity index is 843. The van der Waals surface area contributed by atoms with Gasteiger partial charge >= 0.3 is 0 Å². The summed E-state index contributed by atoms with van der Waals surface area (Å²) in [6.07, 6.45) is 2.22. The molecule has 1 N–H and O–H groups in total. The Morgan fingerprint density at radius 2 is 2.07 bits per heavy atom. The summed E-state index contributed by atoms with van der Waals surface area (Å²) < 4.78 is 18.9. The Kier molecular flexibility index (Phi) is 5.41. The van der Waals surface area contributed by atoms with Crippen LogP contribution >= 0.6 is 0 Å². The molecule has 2 aromatic rings. The maximum absolute atomic E-state index is 13.5. The van der Waals surface area contributed by atoms with Gasteiger partial charge in [-0.25, -0.2) is 4.39 Å². The van der Waals surface area contributed by atoms with Gasteiger partial charge in [-0.15, -0.1) is 0 Å². The quantitative estimate of drug-likeness (QED) is 0.819. The highest BCUT2D eigenvalue weighted by atomic mass is 19.1. The third-order valence-electron chi connectivity index (χ3n) is 5.48. The molecule has 2 fully saturated rings. The average molecular weight is 387 g/mol. The number of rotatable bonds is 6. The molecule has 1 aliphatic carbocycles. The minimum atomic E-state index is -0.246. The highest BCUT2D eigenvalue weighted by Crippen LogP contribution is 2.24. The van der Waals surface area contributed by atoms with E-state index in [2.05, 4.69) is 25.3 Å². The summed E-state index contributed by atoms with van der Waals surface area (Å²) in [5.74, 6) is 0.905. The molecule has 1 amide bonds. The van der Waals surface area contributed by atoms with Crippen molar-refractivity contribution < 1.29 is 13.7 Å². The number of benzene rings is 1. The number of nitrogens with zero attached hydrogens (tertiary/aromatic N) is 4. The van der Waals surface area contributed by atoms with E-state index in [1.54, 1.807) is 19.1 Å². The molecule has 4 rings (SSSR count). The minimum absolute atomic E-state index is 0.00904. The molecule has 0 bridgehead atoms. The van der Waals surface area contributed by atoms with Gasteiger partial charge in [-0.3, -0.25) is 14.6 Å². The molecule has 150 valence electrons. The average Bonchev–Trinajstić information content (AvgIpc) is 3.35. The summed E-state index contributed by atoms with van der Waals surface area (Å²) in [4.78, 5) is 20.9. The van der Waals surface area contributed by atoms with Gasteiger partial charge in [-0.05, 0) is 50.5 Å². The Hall–Kier alpha value is -2.32. The van der Waals surface area contributed by atoms with Crippen LogP contribution in [0.1, 0.15) is 37.3 Å². The number of nitrogens with one attached hydrogen (secondary N) is 1. The summed E-state index contributed by atoms with van der Waals surface area (Å²) in [5.41, 5.74) is 1.30. The third kappa shape index (κ3) is 4.39. The molecule has 0 spiro atoms. The van der Waals surface area contributed by atoms with Crippen molar-refractivity contribution in [2.75, 3.05) is 32.7 Å². The molecule has 2 heterocycles. The minimum Gasteiger partial charge on any atom is -0.352 e. The molecule has 28 heavy (non-hydrogen) atoms. The predicted molar refractivity (Wildman–Crippen MR) is 102 cm³/mol. The summed E-state index contributed by atoms with van der Waals surface area (Å²) in [5, 5.41) is 7.10. The van der Waals surface area contributed by atoms with Crippen molar-refractivity contribution in [3.8, 4) is 11.4 Å². The molecular formula is C20H26FN5O2. The van der Waals surface area contributed by atoms with Crippen LogP contribution in [0.25, 0.3) is 11.4 Å². The summed E-state index contributed by atoms with van der Waals surface area (Å²) in [6.45, 7) is 7.57. The number of piperazine rings is 1. The first-order valence-corrected chi connectivity index (χ1v) is 9.85. The van der Waals surface area contributed by atoms with Gasteiger partial charge in [0.05, 0.1) is 12.6 Å². The fourth-order valence-electron chi connectivity index (χ4n) is 3.47. The van der Waals surface area contributed by atoms with Crippen LogP contribution in [0, 0.1) is 12.7 Å². The lowest BCUT2D eigenvalue weighted by molar-refractivity contribution is -0.122. The van der Waals surface area contributed by atoms with Crippen molar-refractivity contribution in [1.82, 2.24) is 25.3 Å². The molecular weight excluding hydrogens is 361 g/mol. The van der Waals surface area contributed by atoms with Gasteiger partial charge < -0.3 is 9.84 Å². The number of hydrogen-bond acceptors (Lipinski definition) is 6. The van der Waals surface area contributed by atoms with Crippen LogP contribution in [-0.2, 0) is 4.79 Å². The largest absolute Gasteiger partial charge is 0.352 e. The third-order valence-corrected chi connectivity index (χ3v) is 5.48. The van der Waals surface area contributed by atoms with Gasteiger partial charge in [0.15, 0.2) is 0 Å². The molecule has 1 aromatic heterocycles. The lowest BCUT2D eigenvalue weighted by Gasteiger charge is -2.36. The number of amides is 1. The number of aryl methyl sites for hydroxylation is 1. The van der Waals surface area contributed by atoms with Gasteiger partial charge in [-0.2, -0.15) is 4.98 Å². The Morgan fingerprint density at radius 1 is 1.32 bits per heavy atom. The van der Waals surface area contributed by atoms with Crippen molar-refractivity contribution in [3.63, 3.8) is 0 Å². The van der Waals surface area contributed by atoms with Gasteiger partial charge in [0.1, 0.15) is 5.82 Å². The smallest absolute Gasteiger partial charge is 0.244 e. The first kappa shape index (κ1) is 19.0. The van der Waals surface area contributed by atoms with Crippen molar-refractivity contribution in [3.05, 3.63) is 35.5 Å². The fourth-order valence-corrected chi connectivity index (χ4v) is 3.47. The standard InChI is InChI=1S/C20H26FN5O2/c1-13-11-15(3-6-17(13)21)19-23-20(28-24-19)14(2)26-9-7-25(8-10-26)12-18(27)22-16-4-5-16/h3,6,11,14,16H,4-5,7-10,12H2,1-2H3,(H,22,27). The zero-order chi connectivity index (χ0) is 19.7. The molecule has 7 nitrogen and oxygen atoms in total. The molecule has 0 radical (unpaired) electrons. The Morgan fingerprint density at radius 3 is 2.75 bits per heavy atom. The second kappa shape index (κ2) is 7.97. The molecule has 2 aliphatic rings.